The lowest BCUT2D eigenvalue weighted by Crippen LogP contribution is -2.49. The lowest BCUT2D eigenvalue weighted by Gasteiger charge is -2.36. The van der Waals surface area contributed by atoms with Crippen LogP contribution in [0.2, 0.25) is 0 Å². The summed E-state index contributed by atoms with van der Waals surface area (Å²) in [5, 5.41) is 46.8. The number of nitro groups is 1. The van der Waals surface area contributed by atoms with E-state index < -0.39 is 28.4 Å². The number of aliphatic hydroxyl groups is 3. The second kappa shape index (κ2) is 18.1. The van der Waals surface area contributed by atoms with E-state index in [0.717, 1.165) is 28.8 Å². The smallest absolute Gasteiger partial charge is 0.269 e. The monoisotopic (exact) mass is 817 g/mol. The predicted molar refractivity (Wildman–Crippen MR) is 226 cm³/mol. The summed E-state index contributed by atoms with van der Waals surface area (Å²) in [6, 6.07) is 23.8. The molecule has 3 aliphatic rings. The fourth-order valence-corrected chi connectivity index (χ4v) is 8.53. The Kier molecular flexibility index (Phi) is 12.8. The highest BCUT2D eigenvalue weighted by atomic mass is 16.6. The van der Waals surface area contributed by atoms with Gasteiger partial charge in [0.05, 0.1) is 48.1 Å². The van der Waals surface area contributed by atoms with Crippen LogP contribution in [-0.2, 0) is 45.9 Å². The number of nitrogens with one attached hydrogen (secondary N) is 1. The summed E-state index contributed by atoms with van der Waals surface area (Å²) in [5.74, 6) is -1.19. The SMILES string of the molecule is CCOc1ccc2c(c1)CC(NCCCCO)C(=O)N2c1ccc(CN2C(=O)[C@@](O)([C@@H](C)/C=C/CC(=O)N3Cc4ccccc4C[C@H]3CO)c3cc([N+](=O)[O-])ccc32)cc1. The van der Waals surface area contributed by atoms with E-state index in [1.54, 1.807) is 53.1 Å². The van der Waals surface area contributed by atoms with E-state index in [9.17, 15) is 39.8 Å². The van der Waals surface area contributed by atoms with E-state index in [1.807, 2.05) is 49.4 Å². The molecule has 314 valence electrons. The molecule has 0 aliphatic carbocycles. The molecule has 4 aromatic carbocycles. The standard InChI is InChI=1S/C46H51N5O9/c1-3-60-38-18-20-41-34(24-38)25-40(47-21-6-7-22-52)44(55)50(41)35-15-13-31(14-16-35)27-49-42-19-17-36(51(58)59)26-39(42)46(57,45(49)56)30(2)9-8-12-43(54)48-28-33-11-5-4-10-32(33)23-37(48)29-53/h4-5,8-11,13-20,24,26,30,37,40,47,52-53,57H,3,6-7,12,21-23,25,27-29H2,1-2H3/b9-8+/t30-,37-,40?,46+/m0/s1. The first kappa shape index (κ1) is 42.2. The molecule has 0 fully saturated rings. The third-order valence-corrected chi connectivity index (χ3v) is 11.8. The Hall–Kier alpha value is -5.93. The fourth-order valence-electron chi connectivity index (χ4n) is 8.53. The lowest BCUT2D eigenvalue weighted by atomic mass is 9.82. The number of aliphatic hydroxyl groups excluding tert-OH is 2. The van der Waals surface area contributed by atoms with Crippen LogP contribution in [0.15, 0.2) is 97.1 Å². The van der Waals surface area contributed by atoms with Crippen LogP contribution in [0.4, 0.5) is 22.7 Å². The molecule has 0 saturated carbocycles. The zero-order valence-electron chi connectivity index (χ0n) is 33.8. The number of hydrogen-bond acceptors (Lipinski definition) is 10. The van der Waals surface area contributed by atoms with Gasteiger partial charge < -0.3 is 35.2 Å². The van der Waals surface area contributed by atoms with Crippen molar-refractivity contribution in [2.75, 3.05) is 36.2 Å². The van der Waals surface area contributed by atoms with Gasteiger partial charge in [-0.3, -0.25) is 29.4 Å². The number of anilines is 3. The highest BCUT2D eigenvalue weighted by Crippen LogP contribution is 2.47. The molecule has 3 amide bonds. The van der Waals surface area contributed by atoms with E-state index >= 15 is 0 Å². The van der Waals surface area contributed by atoms with Gasteiger partial charge in [-0.05, 0) is 97.8 Å². The van der Waals surface area contributed by atoms with Crippen molar-refractivity contribution in [3.8, 4) is 5.75 Å². The number of rotatable bonds is 16. The molecule has 4 aromatic rings. The molecule has 0 spiro atoms. The van der Waals surface area contributed by atoms with Crippen LogP contribution in [0.25, 0.3) is 0 Å². The largest absolute Gasteiger partial charge is 0.494 e. The van der Waals surface area contributed by atoms with E-state index in [2.05, 4.69) is 5.32 Å². The lowest BCUT2D eigenvalue weighted by molar-refractivity contribution is -0.385. The molecule has 14 nitrogen and oxygen atoms in total. The Morgan fingerprint density at radius 3 is 2.45 bits per heavy atom. The van der Waals surface area contributed by atoms with Crippen LogP contribution in [0.5, 0.6) is 5.75 Å². The summed E-state index contributed by atoms with van der Waals surface area (Å²) in [7, 11) is 0. The average Bonchev–Trinajstić information content (AvgIpc) is 3.47. The first-order valence-electron chi connectivity index (χ1n) is 20.5. The first-order valence-corrected chi connectivity index (χ1v) is 20.5. The Bertz CT molecular complexity index is 2280. The maximum Gasteiger partial charge on any atom is 0.269 e. The molecule has 0 saturated heterocycles. The summed E-state index contributed by atoms with van der Waals surface area (Å²) in [6.45, 7) is 4.89. The van der Waals surface area contributed by atoms with Crippen molar-refractivity contribution < 1.29 is 39.4 Å². The van der Waals surface area contributed by atoms with Crippen LogP contribution in [0.1, 0.15) is 60.9 Å². The normalized spacial score (nSPS) is 20.2. The maximum atomic E-state index is 14.4. The van der Waals surface area contributed by atoms with E-state index in [4.69, 9.17) is 4.74 Å². The van der Waals surface area contributed by atoms with Crippen molar-refractivity contribution in [2.24, 2.45) is 5.92 Å². The molecular formula is C46H51N5O9. The maximum absolute atomic E-state index is 14.4. The molecule has 0 bridgehead atoms. The minimum Gasteiger partial charge on any atom is -0.494 e. The van der Waals surface area contributed by atoms with Gasteiger partial charge in [0, 0.05) is 48.9 Å². The van der Waals surface area contributed by atoms with Crippen LogP contribution in [0, 0.1) is 16.0 Å². The highest BCUT2D eigenvalue weighted by Gasteiger charge is 2.53. The zero-order chi connectivity index (χ0) is 42.6. The molecule has 4 atom stereocenters. The Balaban J connectivity index is 1.11. The quantitative estimate of drug-likeness (QED) is 0.0507. The Morgan fingerprint density at radius 2 is 1.73 bits per heavy atom. The second-order valence-electron chi connectivity index (χ2n) is 15.6. The summed E-state index contributed by atoms with van der Waals surface area (Å²) in [6.07, 6.45) is 5.49. The average molecular weight is 818 g/mol. The Labute approximate surface area is 348 Å². The van der Waals surface area contributed by atoms with Crippen LogP contribution < -0.4 is 19.9 Å². The number of hydrogen-bond donors (Lipinski definition) is 4. The number of non-ortho nitro benzene ring substituents is 1. The number of benzene rings is 4. The van der Waals surface area contributed by atoms with Crippen molar-refractivity contribution in [2.45, 2.75) is 76.7 Å². The van der Waals surface area contributed by atoms with Gasteiger partial charge in [-0.1, -0.05) is 55.5 Å². The van der Waals surface area contributed by atoms with Gasteiger partial charge in [0.1, 0.15) is 5.75 Å². The molecule has 3 heterocycles. The first-order chi connectivity index (χ1) is 29.0. The number of fused-ring (bicyclic) bond motifs is 3. The van der Waals surface area contributed by atoms with E-state index in [1.165, 1.54) is 23.1 Å². The van der Waals surface area contributed by atoms with Gasteiger partial charge in [-0.25, -0.2) is 0 Å². The number of amides is 3. The number of ether oxygens (including phenoxy) is 1. The molecule has 0 radical (unpaired) electrons. The van der Waals surface area contributed by atoms with Gasteiger partial charge in [-0.2, -0.15) is 0 Å². The predicted octanol–water partition coefficient (Wildman–Crippen LogP) is 5.21. The minimum absolute atomic E-state index is 0.0252. The Morgan fingerprint density at radius 1 is 0.983 bits per heavy atom. The van der Waals surface area contributed by atoms with Crippen molar-refractivity contribution in [1.29, 1.82) is 0 Å². The fraction of sp³-hybridized carbons (Fsp3) is 0.370. The number of nitro benzene ring substituents is 1. The number of nitrogens with zero attached hydrogens (tertiary/aromatic N) is 4. The third-order valence-electron chi connectivity index (χ3n) is 11.8. The highest BCUT2D eigenvalue weighted by molar-refractivity contribution is 6.08. The van der Waals surface area contributed by atoms with Crippen LogP contribution >= 0.6 is 0 Å². The second-order valence-corrected chi connectivity index (χ2v) is 15.6. The van der Waals surface area contributed by atoms with Crippen LogP contribution in [-0.4, -0.2) is 81.3 Å². The van der Waals surface area contributed by atoms with Crippen molar-refractivity contribution in [3.05, 3.63) is 135 Å². The van der Waals surface area contributed by atoms with Gasteiger partial charge in [0.15, 0.2) is 5.60 Å². The van der Waals surface area contributed by atoms with Gasteiger partial charge in [0.2, 0.25) is 11.8 Å². The minimum atomic E-state index is -2.18. The summed E-state index contributed by atoms with van der Waals surface area (Å²) >= 11 is 0. The molecule has 4 N–H and O–H groups in total. The van der Waals surface area contributed by atoms with Crippen molar-refractivity contribution in [1.82, 2.24) is 10.2 Å². The molecule has 14 heteroatoms. The van der Waals surface area contributed by atoms with E-state index in [0.29, 0.717) is 61.6 Å². The zero-order valence-corrected chi connectivity index (χ0v) is 33.8. The van der Waals surface area contributed by atoms with Crippen molar-refractivity contribution in [3.63, 3.8) is 0 Å². The van der Waals surface area contributed by atoms with E-state index in [-0.39, 0.29) is 55.3 Å². The third kappa shape index (κ3) is 8.28. The number of carbonyl (C=O) groups is 3. The number of carbonyl (C=O) groups excluding carboxylic acids is 3. The summed E-state index contributed by atoms with van der Waals surface area (Å²) in [5.41, 5.74) is 3.04. The molecule has 0 aromatic heterocycles. The van der Waals surface area contributed by atoms with Gasteiger partial charge in [-0.15, -0.1) is 0 Å². The molecule has 7 rings (SSSR count). The molecule has 60 heavy (non-hydrogen) atoms. The molecular weight excluding hydrogens is 767 g/mol. The molecule has 3 aliphatic heterocycles. The summed E-state index contributed by atoms with van der Waals surface area (Å²) < 4.78 is 5.76. The number of unbranched alkanes of at least 4 members (excludes halogenated alkanes) is 1. The van der Waals surface area contributed by atoms with Gasteiger partial charge in [0.25, 0.3) is 11.6 Å². The van der Waals surface area contributed by atoms with Crippen molar-refractivity contribution >= 4 is 40.5 Å². The molecule has 1 unspecified atom stereocenters. The van der Waals surface area contributed by atoms with Crippen LogP contribution in [0.3, 0.4) is 0 Å². The summed E-state index contributed by atoms with van der Waals surface area (Å²) in [4.78, 5) is 57.8. The van der Waals surface area contributed by atoms with Gasteiger partial charge >= 0.3 is 0 Å². The topological polar surface area (TPSA) is 186 Å².